The molecule has 152 valence electrons. The van der Waals surface area contributed by atoms with Gasteiger partial charge >= 0.3 is 6.09 Å². The molecule has 1 aliphatic carbocycles. The summed E-state index contributed by atoms with van der Waals surface area (Å²) in [7, 11) is 0. The lowest BCUT2D eigenvalue weighted by atomic mass is 9.97. The van der Waals surface area contributed by atoms with Crippen LogP contribution in [-0.4, -0.2) is 34.8 Å². The molecule has 0 unspecified atom stereocenters. The number of amides is 1. The molecule has 0 saturated heterocycles. The minimum absolute atomic E-state index is 0.0996. The molecule has 0 atom stereocenters. The lowest BCUT2D eigenvalue weighted by Crippen LogP contribution is -2.32. The number of hydrogen-bond acceptors (Lipinski definition) is 6. The van der Waals surface area contributed by atoms with Gasteiger partial charge in [-0.05, 0) is 45.0 Å². The Bertz CT molecular complexity index is 1100. The van der Waals surface area contributed by atoms with E-state index in [-0.39, 0.29) is 35.1 Å². The van der Waals surface area contributed by atoms with E-state index in [2.05, 4.69) is 27.5 Å². The number of para-hydroxylation sites is 1. The molecule has 0 aliphatic heterocycles. The lowest BCUT2D eigenvalue weighted by molar-refractivity contribution is 0.0535. The van der Waals surface area contributed by atoms with Crippen molar-refractivity contribution in [3.8, 4) is 11.8 Å². The van der Waals surface area contributed by atoms with Crippen molar-refractivity contribution >= 4 is 23.3 Å². The summed E-state index contributed by atoms with van der Waals surface area (Å²) in [4.78, 5) is 40.6. The standard InChI is InChI=1S/C23H21N3O4/c1-23(2,3)30-22(29)25-13-6-9-15-8-4-5-11-17(15)26-18-14-19(27)20-16(21(18)28)10-7-12-24-20/h4-5,7-8,10-12,14,26H,13H2,1-3H3,(H,25,29). The monoisotopic (exact) mass is 403 g/mol. The zero-order chi connectivity index (χ0) is 21.7. The van der Waals surface area contributed by atoms with Crippen molar-refractivity contribution in [1.29, 1.82) is 0 Å². The van der Waals surface area contributed by atoms with Crippen molar-refractivity contribution < 1.29 is 19.1 Å². The minimum atomic E-state index is -0.583. The van der Waals surface area contributed by atoms with Crippen LogP contribution in [0.4, 0.5) is 10.5 Å². The molecule has 1 aromatic heterocycles. The molecule has 0 radical (unpaired) electrons. The fourth-order valence-corrected chi connectivity index (χ4v) is 2.70. The second-order valence-corrected chi connectivity index (χ2v) is 7.48. The van der Waals surface area contributed by atoms with E-state index < -0.39 is 11.7 Å². The summed E-state index contributed by atoms with van der Waals surface area (Å²) >= 11 is 0. The van der Waals surface area contributed by atoms with Crippen LogP contribution in [-0.2, 0) is 4.74 Å². The summed E-state index contributed by atoms with van der Waals surface area (Å²) < 4.78 is 5.15. The number of nitrogens with one attached hydrogen (secondary N) is 2. The number of fused-ring (bicyclic) bond motifs is 1. The van der Waals surface area contributed by atoms with Crippen molar-refractivity contribution in [2.45, 2.75) is 26.4 Å². The molecule has 7 heteroatoms. The van der Waals surface area contributed by atoms with E-state index in [1.807, 2.05) is 0 Å². The highest BCUT2D eigenvalue weighted by Gasteiger charge is 2.26. The van der Waals surface area contributed by atoms with Gasteiger partial charge in [-0.1, -0.05) is 24.0 Å². The topological polar surface area (TPSA) is 97.4 Å². The first-order valence-electron chi connectivity index (χ1n) is 9.32. The number of hydrogen-bond donors (Lipinski definition) is 2. The Kier molecular flexibility index (Phi) is 5.98. The third-order valence-electron chi connectivity index (χ3n) is 3.95. The number of benzene rings is 1. The molecule has 1 amide bonds. The Balaban J connectivity index is 1.72. The molecule has 1 aliphatic rings. The van der Waals surface area contributed by atoms with Gasteiger partial charge in [0.2, 0.25) is 11.6 Å². The SMILES string of the molecule is CC(C)(C)OC(=O)NCC#Cc1ccccc1NC1=CC(=O)c2ncccc2C1=O. The van der Waals surface area contributed by atoms with Crippen LogP contribution in [0.2, 0.25) is 0 Å². The van der Waals surface area contributed by atoms with Gasteiger partial charge in [-0.25, -0.2) is 4.79 Å². The van der Waals surface area contributed by atoms with E-state index in [1.54, 1.807) is 57.2 Å². The van der Waals surface area contributed by atoms with E-state index >= 15 is 0 Å². The number of ketones is 2. The Labute approximate surface area is 174 Å². The normalized spacial score (nSPS) is 12.8. The van der Waals surface area contributed by atoms with Gasteiger partial charge in [0.15, 0.2) is 0 Å². The number of aromatic nitrogens is 1. The number of nitrogens with zero attached hydrogens (tertiary/aromatic N) is 1. The molecule has 1 aromatic carbocycles. The summed E-state index contributed by atoms with van der Waals surface area (Å²) in [5.41, 5.74) is 1.16. The predicted octanol–water partition coefficient (Wildman–Crippen LogP) is 3.33. The van der Waals surface area contributed by atoms with Crippen molar-refractivity contribution in [3.05, 3.63) is 71.2 Å². The maximum atomic E-state index is 12.7. The highest BCUT2D eigenvalue weighted by molar-refractivity contribution is 6.24. The fourth-order valence-electron chi connectivity index (χ4n) is 2.70. The third-order valence-corrected chi connectivity index (χ3v) is 3.95. The number of alkyl carbamates (subject to hydrolysis) is 1. The predicted molar refractivity (Wildman–Crippen MR) is 112 cm³/mol. The van der Waals surface area contributed by atoms with Gasteiger partial charge in [0.1, 0.15) is 11.3 Å². The second-order valence-electron chi connectivity index (χ2n) is 7.48. The first kappa shape index (κ1) is 20.8. The van der Waals surface area contributed by atoms with Crippen LogP contribution in [0.1, 0.15) is 47.2 Å². The number of ether oxygens (including phenoxy) is 1. The zero-order valence-electron chi connectivity index (χ0n) is 16.9. The first-order valence-corrected chi connectivity index (χ1v) is 9.32. The zero-order valence-corrected chi connectivity index (χ0v) is 16.9. The maximum absolute atomic E-state index is 12.7. The van der Waals surface area contributed by atoms with Gasteiger partial charge in [0, 0.05) is 17.8 Å². The molecule has 0 spiro atoms. The van der Waals surface area contributed by atoms with Crippen LogP contribution < -0.4 is 10.6 Å². The minimum Gasteiger partial charge on any atom is -0.444 e. The molecule has 0 bridgehead atoms. The van der Waals surface area contributed by atoms with Crippen LogP contribution in [0, 0.1) is 11.8 Å². The summed E-state index contributed by atoms with van der Waals surface area (Å²) in [6.45, 7) is 5.43. The van der Waals surface area contributed by atoms with Crippen LogP contribution in [0.5, 0.6) is 0 Å². The average molecular weight is 403 g/mol. The van der Waals surface area contributed by atoms with Gasteiger partial charge in [0.25, 0.3) is 0 Å². The van der Waals surface area contributed by atoms with Crippen molar-refractivity contribution in [1.82, 2.24) is 10.3 Å². The number of Topliss-reactive ketones (excluding diaryl/α,β-unsaturated/α-hetero) is 1. The number of allylic oxidation sites excluding steroid dienone is 2. The van der Waals surface area contributed by atoms with Crippen molar-refractivity contribution in [3.63, 3.8) is 0 Å². The number of anilines is 1. The van der Waals surface area contributed by atoms with Crippen LogP contribution in [0.3, 0.4) is 0 Å². The highest BCUT2D eigenvalue weighted by atomic mass is 16.6. The summed E-state index contributed by atoms with van der Waals surface area (Å²) in [6.07, 6.45) is 2.17. The number of carbonyl (C=O) groups excluding carboxylic acids is 3. The molecule has 30 heavy (non-hydrogen) atoms. The van der Waals surface area contributed by atoms with Crippen molar-refractivity contribution in [2.24, 2.45) is 0 Å². The van der Waals surface area contributed by atoms with Crippen LogP contribution in [0.25, 0.3) is 0 Å². The Hall–Kier alpha value is -3.92. The molecular weight excluding hydrogens is 382 g/mol. The number of pyridine rings is 1. The van der Waals surface area contributed by atoms with Crippen molar-refractivity contribution in [2.75, 3.05) is 11.9 Å². The molecule has 0 saturated carbocycles. The smallest absolute Gasteiger partial charge is 0.408 e. The van der Waals surface area contributed by atoms with Gasteiger partial charge < -0.3 is 15.4 Å². The van der Waals surface area contributed by atoms with Gasteiger partial charge in [-0.15, -0.1) is 0 Å². The largest absolute Gasteiger partial charge is 0.444 e. The Morgan fingerprint density at radius 1 is 1.13 bits per heavy atom. The maximum Gasteiger partial charge on any atom is 0.408 e. The highest BCUT2D eigenvalue weighted by Crippen LogP contribution is 2.23. The Morgan fingerprint density at radius 2 is 1.90 bits per heavy atom. The van der Waals surface area contributed by atoms with Gasteiger partial charge in [0.05, 0.1) is 23.5 Å². The van der Waals surface area contributed by atoms with E-state index in [9.17, 15) is 14.4 Å². The molecule has 2 aromatic rings. The van der Waals surface area contributed by atoms with Crippen LogP contribution >= 0.6 is 0 Å². The van der Waals surface area contributed by atoms with E-state index in [0.29, 0.717) is 11.3 Å². The molecule has 3 rings (SSSR count). The molecule has 1 heterocycles. The molecule has 0 fully saturated rings. The van der Waals surface area contributed by atoms with E-state index in [0.717, 1.165) is 0 Å². The van der Waals surface area contributed by atoms with Gasteiger partial charge in [-0.2, -0.15) is 0 Å². The molecule has 7 nitrogen and oxygen atoms in total. The summed E-state index contributed by atoms with van der Waals surface area (Å²) in [5.74, 6) is 5.15. The van der Waals surface area contributed by atoms with E-state index in [4.69, 9.17) is 4.74 Å². The average Bonchev–Trinajstić information content (AvgIpc) is 2.69. The Morgan fingerprint density at radius 3 is 2.67 bits per heavy atom. The van der Waals surface area contributed by atoms with Crippen LogP contribution in [0.15, 0.2) is 54.4 Å². The number of carbonyl (C=O) groups is 3. The quantitative estimate of drug-likeness (QED) is 0.763. The lowest BCUT2D eigenvalue weighted by Gasteiger charge is -2.19. The molecule has 2 N–H and O–H groups in total. The van der Waals surface area contributed by atoms with Gasteiger partial charge in [-0.3, -0.25) is 14.6 Å². The summed E-state index contributed by atoms with van der Waals surface area (Å²) in [6, 6.07) is 10.3. The third kappa shape index (κ3) is 5.11. The number of rotatable bonds is 3. The molecular formula is C23H21N3O4. The first-order chi connectivity index (χ1) is 14.2. The second kappa shape index (κ2) is 8.62. The van der Waals surface area contributed by atoms with E-state index in [1.165, 1.54) is 12.3 Å². The fraction of sp³-hybridized carbons (Fsp3) is 0.217. The summed E-state index contributed by atoms with van der Waals surface area (Å²) in [5, 5.41) is 5.56.